The second-order valence-corrected chi connectivity index (χ2v) is 1.80. The first-order valence-corrected chi connectivity index (χ1v) is 2.51. The number of halogens is 1. The van der Waals surface area contributed by atoms with Crippen molar-refractivity contribution in [2.24, 2.45) is 0 Å². The fourth-order valence-corrected chi connectivity index (χ4v) is 0.533. The maximum atomic E-state index is 12.1. The molecule has 0 aliphatic heterocycles. The van der Waals surface area contributed by atoms with Crippen LogP contribution in [0.1, 0.15) is 5.56 Å². The Balaban J connectivity index is 0.000000640. The van der Waals surface area contributed by atoms with E-state index in [1.807, 2.05) is 6.92 Å². The van der Waals surface area contributed by atoms with E-state index in [4.69, 9.17) is 0 Å². The number of hydrogen-bond acceptors (Lipinski definition) is 0. The molecule has 3 radical (unpaired) electrons. The minimum Gasteiger partial charge on any atom is -0.207 e. The summed E-state index contributed by atoms with van der Waals surface area (Å²) in [5.74, 6) is -0.171. The van der Waals surface area contributed by atoms with Gasteiger partial charge in [0.25, 0.3) is 0 Å². The topological polar surface area (TPSA) is 0 Å². The number of hydrogen-bond donors (Lipinski definition) is 0. The Morgan fingerprint density at radius 1 is 1.11 bits per heavy atom. The summed E-state index contributed by atoms with van der Waals surface area (Å²) in [4.78, 5) is 0. The summed E-state index contributed by atoms with van der Waals surface area (Å²) >= 11 is 0. The van der Waals surface area contributed by atoms with Crippen molar-refractivity contribution in [1.82, 2.24) is 0 Å². The summed E-state index contributed by atoms with van der Waals surface area (Å²) in [6.07, 6.45) is 0. The van der Waals surface area contributed by atoms with Gasteiger partial charge in [-0.25, -0.2) is 4.39 Å². The van der Waals surface area contributed by atoms with Crippen LogP contribution in [-0.2, 0) is 0 Å². The van der Waals surface area contributed by atoms with E-state index in [1.54, 1.807) is 12.1 Å². The van der Waals surface area contributed by atoms with Crippen molar-refractivity contribution in [2.45, 2.75) is 6.92 Å². The average Bonchev–Trinajstić information content (AvgIpc) is 1.77. The van der Waals surface area contributed by atoms with E-state index in [9.17, 15) is 4.39 Å². The van der Waals surface area contributed by atoms with Crippen LogP contribution in [0.3, 0.4) is 0 Å². The third kappa shape index (κ3) is 2.31. The number of benzene rings is 1. The zero-order valence-corrected chi connectivity index (χ0v) is 5.26. The monoisotopic (exact) mass is 121 g/mol. The van der Waals surface area contributed by atoms with Crippen molar-refractivity contribution in [1.29, 1.82) is 0 Å². The normalized spacial score (nSPS) is 8.22. The Kier molecular flexibility index (Phi) is 3.00. The molecule has 0 aliphatic rings. The first-order valence-electron chi connectivity index (χ1n) is 2.51. The van der Waals surface area contributed by atoms with Gasteiger partial charge in [0.2, 0.25) is 0 Å². The lowest BCUT2D eigenvalue weighted by Gasteiger charge is -1.87. The smallest absolute Gasteiger partial charge is 0.123 e. The van der Waals surface area contributed by atoms with Gasteiger partial charge >= 0.3 is 0 Å². The van der Waals surface area contributed by atoms with E-state index in [1.165, 1.54) is 12.1 Å². The highest BCUT2D eigenvalue weighted by atomic mass is 19.1. The Bertz CT molecular complexity index is 148. The fraction of sp³-hybridized carbons (Fsp3) is 0.143. The van der Waals surface area contributed by atoms with E-state index in [0.29, 0.717) is 0 Å². The summed E-state index contributed by atoms with van der Waals surface area (Å²) in [5, 5.41) is 0. The van der Waals surface area contributed by atoms with Crippen LogP contribution in [0.2, 0.25) is 0 Å². The largest absolute Gasteiger partial charge is 0.207 e. The van der Waals surface area contributed by atoms with Crippen molar-refractivity contribution in [2.75, 3.05) is 0 Å². The summed E-state index contributed by atoms with van der Waals surface area (Å²) in [6.45, 7) is 1.93. The van der Waals surface area contributed by atoms with Gasteiger partial charge in [0.1, 0.15) is 5.82 Å². The molecule has 0 heterocycles. The molecule has 0 N–H and O–H groups in total. The number of aryl methyl sites for hydroxylation is 1. The predicted molar refractivity (Wildman–Crippen MR) is 36.9 cm³/mol. The Labute approximate surface area is 56.3 Å². The minimum absolute atomic E-state index is 0. The highest BCUT2D eigenvalue weighted by Crippen LogP contribution is 1.98. The van der Waals surface area contributed by atoms with E-state index < -0.39 is 0 Å². The lowest BCUT2D eigenvalue weighted by molar-refractivity contribution is 0.627. The van der Waals surface area contributed by atoms with E-state index >= 15 is 0 Å². The molecule has 0 spiro atoms. The van der Waals surface area contributed by atoms with Gasteiger partial charge < -0.3 is 0 Å². The molecule has 1 aromatic rings. The molecule has 0 aromatic heterocycles. The Morgan fingerprint density at radius 2 is 1.56 bits per heavy atom. The molecule has 0 aliphatic carbocycles. The van der Waals surface area contributed by atoms with Gasteiger partial charge in [-0.15, -0.1) is 0 Å². The Hall–Kier alpha value is -0.785. The van der Waals surface area contributed by atoms with Crippen LogP contribution in [-0.4, -0.2) is 8.41 Å². The fourth-order valence-electron chi connectivity index (χ4n) is 0.533. The van der Waals surface area contributed by atoms with Gasteiger partial charge in [0.05, 0.1) is 0 Å². The molecule has 0 amide bonds. The molecular formula is C7H7BF. The van der Waals surface area contributed by atoms with E-state index in [2.05, 4.69) is 0 Å². The maximum Gasteiger partial charge on any atom is 0.123 e. The molecule has 0 saturated carbocycles. The molecule has 45 valence electrons. The number of rotatable bonds is 0. The Morgan fingerprint density at radius 3 is 1.89 bits per heavy atom. The molecule has 1 rings (SSSR count). The van der Waals surface area contributed by atoms with Crippen molar-refractivity contribution in [3.63, 3.8) is 0 Å². The molecule has 0 unspecified atom stereocenters. The first kappa shape index (κ1) is 8.21. The van der Waals surface area contributed by atoms with Crippen molar-refractivity contribution in [3.8, 4) is 0 Å². The second kappa shape index (κ2) is 3.28. The van der Waals surface area contributed by atoms with Crippen molar-refractivity contribution < 1.29 is 4.39 Å². The van der Waals surface area contributed by atoms with Crippen LogP contribution in [0.4, 0.5) is 4.39 Å². The summed E-state index contributed by atoms with van der Waals surface area (Å²) in [7, 11) is 0. The molecule has 0 bridgehead atoms. The maximum absolute atomic E-state index is 12.1. The summed E-state index contributed by atoms with van der Waals surface area (Å²) in [5.41, 5.74) is 1.09. The van der Waals surface area contributed by atoms with Gasteiger partial charge in [-0.05, 0) is 19.1 Å². The average molecular weight is 121 g/mol. The highest BCUT2D eigenvalue weighted by molar-refractivity contribution is 5.75. The summed E-state index contributed by atoms with van der Waals surface area (Å²) in [6, 6.07) is 6.40. The zero-order valence-electron chi connectivity index (χ0n) is 5.26. The molecule has 9 heavy (non-hydrogen) atoms. The lowest BCUT2D eigenvalue weighted by atomic mass is 10.2. The van der Waals surface area contributed by atoms with Crippen LogP contribution >= 0.6 is 0 Å². The summed E-state index contributed by atoms with van der Waals surface area (Å²) < 4.78 is 12.1. The molecule has 1 aromatic carbocycles. The molecule has 0 atom stereocenters. The first-order chi connectivity index (χ1) is 3.79. The van der Waals surface area contributed by atoms with Gasteiger partial charge in [-0.2, -0.15) is 0 Å². The molecular weight excluding hydrogens is 114 g/mol. The third-order valence-electron chi connectivity index (χ3n) is 1.01. The highest BCUT2D eigenvalue weighted by Gasteiger charge is 1.83. The van der Waals surface area contributed by atoms with Crippen molar-refractivity contribution >= 4 is 8.41 Å². The van der Waals surface area contributed by atoms with Crippen LogP contribution in [0.15, 0.2) is 24.3 Å². The van der Waals surface area contributed by atoms with E-state index in [-0.39, 0.29) is 14.2 Å². The zero-order chi connectivity index (χ0) is 5.98. The predicted octanol–water partition coefficient (Wildman–Crippen LogP) is 1.75. The molecule has 0 nitrogen and oxygen atoms in total. The lowest BCUT2D eigenvalue weighted by Crippen LogP contribution is -1.71. The standard InChI is InChI=1S/C7H7F.B/c1-6-2-4-7(8)5-3-6;/h2-5H,1H3;. The SMILES string of the molecule is Cc1ccc(F)cc1.[B]. The third-order valence-corrected chi connectivity index (χ3v) is 1.01. The molecule has 0 fully saturated rings. The van der Waals surface area contributed by atoms with Gasteiger partial charge in [-0.1, -0.05) is 17.7 Å². The van der Waals surface area contributed by atoms with E-state index in [0.717, 1.165) is 5.56 Å². The second-order valence-electron chi connectivity index (χ2n) is 1.80. The van der Waals surface area contributed by atoms with Gasteiger partial charge in [0.15, 0.2) is 0 Å². The van der Waals surface area contributed by atoms with Crippen LogP contribution < -0.4 is 0 Å². The van der Waals surface area contributed by atoms with Crippen LogP contribution in [0.25, 0.3) is 0 Å². The van der Waals surface area contributed by atoms with Crippen LogP contribution in [0, 0.1) is 12.7 Å². The minimum atomic E-state index is -0.171. The van der Waals surface area contributed by atoms with Crippen molar-refractivity contribution in [3.05, 3.63) is 35.6 Å². The van der Waals surface area contributed by atoms with Crippen LogP contribution in [0.5, 0.6) is 0 Å². The molecule has 2 heteroatoms. The van der Waals surface area contributed by atoms with Gasteiger partial charge in [-0.3, -0.25) is 0 Å². The molecule has 0 saturated heterocycles. The van der Waals surface area contributed by atoms with Gasteiger partial charge in [0, 0.05) is 8.41 Å². The quantitative estimate of drug-likeness (QED) is 0.458.